The smallest absolute Gasteiger partial charge is 0.137 e. The summed E-state index contributed by atoms with van der Waals surface area (Å²) < 4.78 is 18.7. The van der Waals surface area contributed by atoms with Crippen LogP contribution in [0.3, 0.4) is 0 Å². The van der Waals surface area contributed by atoms with Gasteiger partial charge in [0.1, 0.15) is 17.7 Å². The molecule has 1 aromatic rings. The molecule has 1 aliphatic rings. The molecule has 0 amide bonds. The second-order valence-corrected chi connectivity index (χ2v) is 4.66. The minimum atomic E-state index is -0.456. The number of benzene rings is 1. The van der Waals surface area contributed by atoms with E-state index in [0.29, 0.717) is 11.7 Å². The fourth-order valence-electron chi connectivity index (χ4n) is 1.89. The molecule has 1 aliphatic carbocycles. The average molecular weight is 239 g/mol. The highest BCUT2D eigenvalue weighted by atomic mass is 19.1. The van der Waals surface area contributed by atoms with Crippen molar-refractivity contribution in [2.24, 2.45) is 11.7 Å². The summed E-state index contributed by atoms with van der Waals surface area (Å²) in [5, 5.41) is 9.30. The molecule has 0 spiro atoms. The van der Waals surface area contributed by atoms with Crippen molar-refractivity contribution in [3.63, 3.8) is 0 Å². The van der Waals surface area contributed by atoms with Crippen LogP contribution in [0.1, 0.15) is 18.4 Å². The first-order valence-corrected chi connectivity index (χ1v) is 5.91. The van der Waals surface area contributed by atoms with E-state index in [1.54, 1.807) is 6.07 Å². The highest BCUT2D eigenvalue weighted by molar-refractivity contribution is 5.33. The van der Waals surface area contributed by atoms with Gasteiger partial charge >= 0.3 is 0 Å². The Morgan fingerprint density at radius 2 is 2.24 bits per heavy atom. The summed E-state index contributed by atoms with van der Waals surface area (Å²) in [7, 11) is 0. The van der Waals surface area contributed by atoms with Gasteiger partial charge in [0, 0.05) is 12.1 Å². The van der Waals surface area contributed by atoms with Crippen molar-refractivity contribution in [1.29, 1.82) is 0 Å². The minimum absolute atomic E-state index is 0.145. The minimum Gasteiger partial charge on any atom is -0.486 e. The zero-order valence-electron chi connectivity index (χ0n) is 9.90. The van der Waals surface area contributed by atoms with E-state index in [-0.39, 0.29) is 18.5 Å². The number of aryl methyl sites for hydroxylation is 1. The fourth-order valence-corrected chi connectivity index (χ4v) is 1.89. The first kappa shape index (κ1) is 12.3. The predicted molar refractivity (Wildman–Crippen MR) is 63.3 cm³/mol. The molecule has 3 N–H and O–H groups in total. The molecule has 4 heteroatoms. The van der Waals surface area contributed by atoms with Crippen LogP contribution >= 0.6 is 0 Å². The van der Waals surface area contributed by atoms with E-state index in [1.165, 1.54) is 12.1 Å². The monoisotopic (exact) mass is 239 g/mol. The standard InChI is InChI=1S/C13H18FNO2/c1-8-2-5-10(14)6-11(8)17-12(7-16)13(15)9-3-4-9/h2,5-6,9,12-13,16H,3-4,7,15H2,1H3. The van der Waals surface area contributed by atoms with Gasteiger partial charge in [-0.15, -0.1) is 0 Å². The van der Waals surface area contributed by atoms with Gasteiger partial charge in [0.2, 0.25) is 0 Å². The van der Waals surface area contributed by atoms with Crippen LogP contribution in [0.2, 0.25) is 0 Å². The molecule has 94 valence electrons. The Morgan fingerprint density at radius 3 is 2.82 bits per heavy atom. The lowest BCUT2D eigenvalue weighted by Crippen LogP contribution is -2.43. The molecule has 2 rings (SSSR count). The van der Waals surface area contributed by atoms with E-state index in [9.17, 15) is 9.50 Å². The largest absolute Gasteiger partial charge is 0.486 e. The van der Waals surface area contributed by atoms with E-state index in [0.717, 1.165) is 18.4 Å². The van der Waals surface area contributed by atoms with Crippen molar-refractivity contribution in [3.05, 3.63) is 29.6 Å². The van der Waals surface area contributed by atoms with Crippen LogP contribution in [0.25, 0.3) is 0 Å². The van der Waals surface area contributed by atoms with Crippen LogP contribution in [0.4, 0.5) is 4.39 Å². The highest BCUT2D eigenvalue weighted by Crippen LogP contribution is 2.34. The molecule has 0 saturated heterocycles. The quantitative estimate of drug-likeness (QED) is 0.820. The maximum Gasteiger partial charge on any atom is 0.137 e. The molecule has 0 aliphatic heterocycles. The first-order valence-electron chi connectivity index (χ1n) is 5.91. The van der Waals surface area contributed by atoms with E-state index >= 15 is 0 Å². The van der Waals surface area contributed by atoms with Crippen molar-refractivity contribution in [1.82, 2.24) is 0 Å². The molecule has 0 bridgehead atoms. The Hall–Kier alpha value is -1.13. The van der Waals surface area contributed by atoms with Gasteiger partial charge in [0.05, 0.1) is 6.61 Å². The topological polar surface area (TPSA) is 55.5 Å². The Balaban J connectivity index is 2.08. The third-order valence-electron chi connectivity index (χ3n) is 3.20. The Labute approximate surface area is 100 Å². The van der Waals surface area contributed by atoms with Crippen LogP contribution in [-0.2, 0) is 0 Å². The van der Waals surface area contributed by atoms with E-state index < -0.39 is 6.10 Å². The lowest BCUT2D eigenvalue weighted by molar-refractivity contribution is 0.0873. The Bertz CT molecular complexity index is 393. The molecular weight excluding hydrogens is 221 g/mol. The van der Waals surface area contributed by atoms with Crippen molar-refractivity contribution in [2.75, 3.05) is 6.61 Å². The molecule has 1 saturated carbocycles. The summed E-state index contributed by atoms with van der Waals surface area (Å²) in [6.07, 6.45) is 1.72. The van der Waals surface area contributed by atoms with E-state index in [4.69, 9.17) is 10.5 Å². The second kappa shape index (κ2) is 5.02. The van der Waals surface area contributed by atoms with Crippen molar-refractivity contribution < 1.29 is 14.2 Å². The molecule has 3 nitrogen and oxygen atoms in total. The van der Waals surface area contributed by atoms with E-state index in [2.05, 4.69) is 0 Å². The summed E-state index contributed by atoms with van der Waals surface area (Å²) in [6, 6.07) is 4.19. The van der Waals surface area contributed by atoms with Gasteiger partial charge in [-0.3, -0.25) is 0 Å². The first-order chi connectivity index (χ1) is 8.11. The molecule has 1 aromatic carbocycles. The normalized spacial score (nSPS) is 18.8. The Morgan fingerprint density at radius 1 is 1.53 bits per heavy atom. The second-order valence-electron chi connectivity index (χ2n) is 4.66. The maximum absolute atomic E-state index is 13.1. The van der Waals surface area contributed by atoms with Crippen molar-refractivity contribution >= 4 is 0 Å². The number of rotatable bonds is 5. The zero-order valence-corrected chi connectivity index (χ0v) is 9.90. The lowest BCUT2D eigenvalue weighted by Gasteiger charge is -2.24. The molecule has 2 atom stereocenters. The summed E-state index contributed by atoms with van der Waals surface area (Å²) in [4.78, 5) is 0. The van der Waals surface area contributed by atoms with Crippen LogP contribution < -0.4 is 10.5 Å². The van der Waals surface area contributed by atoms with Gasteiger partial charge in [-0.05, 0) is 37.3 Å². The van der Waals surface area contributed by atoms with Gasteiger partial charge in [-0.25, -0.2) is 4.39 Å². The predicted octanol–water partition coefficient (Wildman–Crippen LogP) is 1.61. The number of ether oxygens (including phenoxy) is 1. The molecule has 0 radical (unpaired) electrons. The van der Waals surface area contributed by atoms with Crippen molar-refractivity contribution in [2.45, 2.75) is 31.9 Å². The van der Waals surface area contributed by atoms with Gasteiger partial charge in [0.25, 0.3) is 0 Å². The number of nitrogens with two attached hydrogens (primary N) is 1. The molecular formula is C13H18FNO2. The summed E-state index contributed by atoms with van der Waals surface area (Å²) in [5.41, 5.74) is 6.83. The number of aliphatic hydroxyl groups is 1. The molecule has 17 heavy (non-hydrogen) atoms. The highest BCUT2D eigenvalue weighted by Gasteiger charge is 2.35. The third-order valence-corrected chi connectivity index (χ3v) is 3.20. The average Bonchev–Trinajstić information content (AvgIpc) is 3.13. The van der Waals surface area contributed by atoms with Gasteiger partial charge < -0.3 is 15.6 Å². The van der Waals surface area contributed by atoms with Crippen LogP contribution in [-0.4, -0.2) is 23.9 Å². The number of hydrogen-bond donors (Lipinski definition) is 2. The third kappa shape index (κ3) is 2.96. The molecule has 0 heterocycles. The molecule has 2 unspecified atom stereocenters. The Kier molecular flexibility index (Phi) is 3.64. The molecule has 1 fully saturated rings. The number of hydrogen-bond acceptors (Lipinski definition) is 3. The fraction of sp³-hybridized carbons (Fsp3) is 0.538. The summed E-state index contributed by atoms with van der Waals surface area (Å²) in [5.74, 6) is 0.545. The molecule has 0 aromatic heterocycles. The SMILES string of the molecule is Cc1ccc(F)cc1OC(CO)C(N)C1CC1. The van der Waals surface area contributed by atoms with Gasteiger partial charge in [-0.1, -0.05) is 6.07 Å². The number of aliphatic hydroxyl groups excluding tert-OH is 1. The van der Waals surface area contributed by atoms with E-state index in [1.807, 2.05) is 6.92 Å². The van der Waals surface area contributed by atoms with Crippen LogP contribution in [0.5, 0.6) is 5.75 Å². The van der Waals surface area contributed by atoms with Crippen molar-refractivity contribution in [3.8, 4) is 5.75 Å². The van der Waals surface area contributed by atoms with Gasteiger partial charge in [0.15, 0.2) is 0 Å². The summed E-state index contributed by atoms with van der Waals surface area (Å²) in [6.45, 7) is 1.69. The van der Waals surface area contributed by atoms with Crippen LogP contribution in [0, 0.1) is 18.7 Å². The zero-order chi connectivity index (χ0) is 12.4. The van der Waals surface area contributed by atoms with Crippen LogP contribution in [0.15, 0.2) is 18.2 Å². The van der Waals surface area contributed by atoms with Gasteiger partial charge in [-0.2, -0.15) is 0 Å². The lowest BCUT2D eigenvalue weighted by atomic mass is 10.1. The summed E-state index contributed by atoms with van der Waals surface area (Å²) >= 11 is 0. The number of halogens is 1. The maximum atomic E-state index is 13.1.